The standard InChI is InChI=1S/C35H29F7N6O2/c1-18-10-26-30(35(40,41)42)47-48(31(26)34(18,38)39)17-28(49)46-27(13-19-11-22(36)15-23(37)12-19)29-25(5-4-24(45-29)6-8-33(2,3)50)21-14-20-7-9-43-32(20)44-16-21/h4-5,7,9,11-12,14-16,18,27,50H,10,13,17H2,1-3H3,(H,43,44)(H,46,49)/t18-,27+/m1/s1. The number of rotatable bonds is 7. The highest BCUT2D eigenvalue weighted by atomic mass is 19.4. The molecule has 8 nitrogen and oxygen atoms in total. The first-order valence-electron chi connectivity index (χ1n) is 15.4. The zero-order valence-electron chi connectivity index (χ0n) is 26.8. The number of aliphatic hydroxyl groups is 1. The highest BCUT2D eigenvalue weighted by molar-refractivity contribution is 5.82. The molecule has 2 atom stereocenters. The summed E-state index contributed by atoms with van der Waals surface area (Å²) in [6.07, 6.45) is -2.72. The quantitative estimate of drug-likeness (QED) is 0.131. The number of nitrogens with one attached hydrogen (secondary N) is 2. The highest BCUT2D eigenvalue weighted by Crippen LogP contribution is 2.49. The average molecular weight is 699 g/mol. The van der Waals surface area contributed by atoms with E-state index >= 15 is 8.78 Å². The van der Waals surface area contributed by atoms with Crippen LogP contribution in [0.2, 0.25) is 0 Å². The number of aromatic nitrogens is 5. The summed E-state index contributed by atoms with van der Waals surface area (Å²) in [6, 6.07) is 8.20. The summed E-state index contributed by atoms with van der Waals surface area (Å²) in [7, 11) is 0. The number of alkyl halides is 5. The van der Waals surface area contributed by atoms with Crippen LogP contribution in [0.1, 0.15) is 60.7 Å². The normalized spacial score (nSPS) is 16.2. The van der Waals surface area contributed by atoms with E-state index in [-0.39, 0.29) is 23.4 Å². The van der Waals surface area contributed by atoms with E-state index in [2.05, 4.69) is 37.2 Å². The molecule has 5 aromatic rings. The topological polar surface area (TPSA) is 109 Å². The van der Waals surface area contributed by atoms with Gasteiger partial charge in [-0.15, -0.1) is 0 Å². The number of nitrogens with zero attached hydrogens (tertiary/aromatic N) is 4. The van der Waals surface area contributed by atoms with Crippen molar-refractivity contribution in [2.24, 2.45) is 5.92 Å². The second kappa shape index (κ2) is 12.6. The van der Waals surface area contributed by atoms with Crippen molar-refractivity contribution in [1.29, 1.82) is 0 Å². The van der Waals surface area contributed by atoms with Crippen LogP contribution in [-0.4, -0.2) is 41.3 Å². The maximum Gasteiger partial charge on any atom is 0.435 e. The third-order valence-electron chi connectivity index (χ3n) is 8.22. The molecule has 1 amide bonds. The summed E-state index contributed by atoms with van der Waals surface area (Å²) in [4.78, 5) is 25.7. The van der Waals surface area contributed by atoms with Crippen molar-refractivity contribution in [3.8, 4) is 23.0 Å². The van der Waals surface area contributed by atoms with Gasteiger partial charge in [-0.2, -0.15) is 27.1 Å². The number of hydrogen-bond acceptors (Lipinski definition) is 5. The Hall–Kier alpha value is -5.23. The Labute approximate surface area is 280 Å². The first kappa shape index (κ1) is 34.6. The third kappa shape index (κ3) is 7.07. The van der Waals surface area contributed by atoms with E-state index in [1.165, 1.54) is 20.0 Å². The Bertz CT molecular complexity index is 2150. The first-order chi connectivity index (χ1) is 23.4. The lowest BCUT2D eigenvalue weighted by molar-refractivity contribution is -0.142. The molecule has 0 fully saturated rings. The van der Waals surface area contributed by atoms with Crippen molar-refractivity contribution in [2.45, 2.75) is 63.9 Å². The largest absolute Gasteiger partial charge is 0.435 e. The van der Waals surface area contributed by atoms with Gasteiger partial charge in [-0.3, -0.25) is 9.48 Å². The fourth-order valence-electron chi connectivity index (χ4n) is 5.99. The first-order valence-corrected chi connectivity index (χ1v) is 15.4. The summed E-state index contributed by atoms with van der Waals surface area (Å²) in [5, 5.41) is 16.9. The van der Waals surface area contributed by atoms with E-state index in [1.54, 1.807) is 30.5 Å². The lowest BCUT2D eigenvalue weighted by Gasteiger charge is -2.23. The van der Waals surface area contributed by atoms with Gasteiger partial charge in [-0.1, -0.05) is 12.8 Å². The summed E-state index contributed by atoms with van der Waals surface area (Å²) in [5.41, 5.74) is -2.76. The van der Waals surface area contributed by atoms with Crippen molar-refractivity contribution >= 4 is 16.9 Å². The van der Waals surface area contributed by atoms with E-state index < -0.39 is 77.1 Å². The predicted molar refractivity (Wildman–Crippen MR) is 167 cm³/mol. The lowest BCUT2D eigenvalue weighted by atomic mass is 9.95. The van der Waals surface area contributed by atoms with E-state index in [0.29, 0.717) is 27.5 Å². The SMILES string of the molecule is C[C@@H]1Cc2c(C(F)(F)F)nn(CC(=O)N[C@@H](Cc3cc(F)cc(F)c3)c3nc(C#CC(C)(C)O)ccc3-c3cnc4[nH]ccc4c3)c2C1(F)F. The van der Waals surface area contributed by atoms with Gasteiger partial charge in [0.05, 0.1) is 11.7 Å². The molecule has 0 bridgehead atoms. The zero-order chi connectivity index (χ0) is 36.2. The molecule has 6 rings (SSSR count). The van der Waals surface area contributed by atoms with Crippen molar-refractivity contribution in [1.82, 2.24) is 30.0 Å². The summed E-state index contributed by atoms with van der Waals surface area (Å²) < 4.78 is 101. The number of benzene rings is 1. The van der Waals surface area contributed by atoms with Crippen LogP contribution in [0, 0.1) is 29.4 Å². The van der Waals surface area contributed by atoms with E-state index in [0.717, 1.165) is 24.4 Å². The molecule has 4 heterocycles. The third-order valence-corrected chi connectivity index (χ3v) is 8.22. The Kier molecular flexibility index (Phi) is 8.71. The summed E-state index contributed by atoms with van der Waals surface area (Å²) >= 11 is 0. The smallest absolute Gasteiger partial charge is 0.378 e. The van der Waals surface area contributed by atoms with Crippen LogP contribution in [0.4, 0.5) is 30.7 Å². The number of fused-ring (bicyclic) bond motifs is 2. The molecule has 0 spiro atoms. The lowest BCUT2D eigenvalue weighted by Crippen LogP contribution is -2.35. The maximum atomic E-state index is 15.2. The Morgan fingerprint density at radius 3 is 2.54 bits per heavy atom. The molecular formula is C35H29F7N6O2. The van der Waals surface area contributed by atoms with Gasteiger partial charge in [-0.05, 0) is 74.6 Å². The minimum atomic E-state index is -5.05. The van der Waals surface area contributed by atoms with Crippen molar-refractivity contribution in [2.75, 3.05) is 0 Å². The van der Waals surface area contributed by atoms with Gasteiger partial charge in [0.1, 0.15) is 40.8 Å². The molecule has 0 radical (unpaired) electrons. The van der Waals surface area contributed by atoms with Gasteiger partial charge in [0.25, 0.3) is 5.92 Å². The fourth-order valence-corrected chi connectivity index (χ4v) is 5.99. The van der Waals surface area contributed by atoms with Crippen LogP contribution < -0.4 is 5.32 Å². The Morgan fingerprint density at radius 2 is 1.86 bits per heavy atom. The fraction of sp³-hybridized carbons (Fsp3) is 0.314. The highest BCUT2D eigenvalue weighted by Gasteiger charge is 2.54. The van der Waals surface area contributed by atoms with Crippen LogP contribution in [0.5, 0.6) is 0 Å². The number of amides is 1. The Balaban J connectivity index is 1.46. The Morgan fingerprint density at radius 1 is 1.14 bits per heavy atom. The molecule has 0 saturated heterocycles. The van der Waals surface area contributed by atoms with Gasteiger partial charge < -0.3 is 15.4 Å². The van der Waals surface area contributed by atoms with Gasteiger partial charge in [-0.25, -0.2) is 18.7 Å². The number of halogens is 7. The minimum Gasteiger partial charge on any atom is -0.378 e. The molecule has 1 aliphatic carbocycles. The van der Waals surface area contributed by atoms with Crippen LogP contribution in [0.3, 0.4) is 0 Å². The molecule has 260 valence electrons. The number of H-pyrrole nitrogens is 1. The zero-order valence-corrected chi connectivity index (χ0v) is 26.8. The van der Waals surface area contributed by atoms with Gasteiger partial charge in [0, 0.05) is 46.5 Å². The number of carbonyl (C=O) groups excluding carboxylic acids is 1. The molecule has 0 aliphatic heterocycles. The van der Waals surface area contributed by atoms with Crippen molar-refractivity contribution in [3.63, 3.8) is 0 Å². The molecule has 0 saturated carbocycles. The van der Waals surface area contributed by atoms with Crippen LogP contribution in [0.25, 0.3) is 22.2 Å². The monoisotopic (exact) mass is 698 g/mol. The number of hydrogen-bond donors (Lipinski definition) is 3. The predicted octanol–water partition coefficient (Wildman–Crippen LogP) is 6.63. The van der Waals surface area contributed by atoms with Gasteiger partial charge in [0.15, 0.2) is 5.69 Å². The molecule has 3 N–H and O–H groups in total. The van der Waals surface area contributed by atoms with Gasteiger partial charge in [0.2, 0.25) is 5.91 Å². The molecule has 4 aromatic heterocycles. The van der Waals surface area contributed by atoms with E-state index in [4.69, 9.17) is 0 Å². The summed E-state index contributed by atoms with van der Waals surface area (Å²) in [5.74, 6) is -2.62. The molecule has 50 heavy (non-hydrogen) atoms. The van der Waals surface area contributed by atoms with E-state index in [9.17, 15) is 31.9 Å². The van der Waals surface area contributed by atoms with Crippen molar-refractivity contribution < 1.29 is 40.6 Å². The second-order valence-corrected chi connectivity index (χ2v) is 12.7. The molecule has 0 unspecified atom stereocenters. The molecular weight excluding hydrogens is 669 g/mol. The van der Waals surface area contributed by atoms with Crippen LogP contribution >= 0.6 is 0 Å². The maximum absolute atomic E-state index is 15.2. The molecule has 1 aromatic carbocycles. The van der Waals surface area contributed by atoms with Crippen molar-refractivity contribution in [3.05, 3.63) is 100 Å². The minimum absolute atomic E-state index is 0.0763. The summed E-state index contributed by atoms with van der Waals surface area (Å²) in [6.45, 7) is 2.99. The van der Waals surface area contributed by atoms with Gasteiger partial charge >= 0.3 is 6.18 Å². The van der Waals surface area contributed by atoms with Crippen LogP contribution in [-0.2, 0) is 36.3 Å². The average Bonchev–Trinajstić information content (AvgIpc) is 3.68. The number of aromatic amines is 1. The number of pyridine rings is 2. The number of carbonyl (C=O) groups is 1. The van der Waals surface area contributed by atoms with Crippen LogP contribution in [0.15, 0.2) is 54.9 Å². The second-order valence-electron chi connectivity index (χ2n) is 12.7. The van der Waals surface area contributed by atoms with E-state index in [1.807, 2.05) is 0 Å². The molecule has 1 aliphatic rings. The molecule has 15 heteroatoms.